The summed E-state index contributed by atoms with van der Waals surface area (Å²) in [5.74, 6) is 1.41. The van der Waals surface area contributed by atoms with E-state index in [-0.39, 0.29) is 29.8 Å². The number of amides is 1. The average Bonchev–Trinajstić information content (AvgIpc) is 3.11. The Balaban J connectivity index is 0.00000182. The molecular formula is C20H27ClN2O2. The van der Waals surface area contributed by atoms with Gasteiger partial charge in [0, 0.05) is 17.8 Å². The van der Waals surface area contributed by atoms with Crippen LogP contribution in [0.3, 0.4) is 0 Å². The van der Waals surface area contributed by atoms with Gasteiger partial charge >= 0.3 is 0 Å². The maximum absolute atomic E-state index is 13.1. The molecule has 2 atom stereocenters. The fourth-order valence-corrected chi connectivity index (χ4v) is 4.36. The highest BCUT2D eigenvalue weighted by Crippen LogP contribution is 2.59. The molecule has 1 N–H and O–H groups in total. The lowest BCUT2D eigenvalue weighted by molar-refractivity contribution is -0.136. The van der Waals surface area contributed by atoms with Gasteiger partial charge in [0.25, 0.3) is 0 Å². The van der Waals surface area contributed by atoms with Crippen molar-refractivity contribution in [3.8, 4) is 0 Å². The minimum Gasteiger partial charge on any atom is -0.459 e. The lowest BCUT2D eigenvalue weighted by Gasteiger charge is -2.29. The maximum Gasteiger partial charge on any atom is 0.226 e. The van der Waals surface area contributed by atoms with E-state index in [0.29, 0.717) is 5.91 Å². The van der Waals surface area contributed by atoms with Crippen molar-refractivity contribution in [2.75, 3.05) is 19.6 Å². The van der Waals surface area contributed by atoms with Crippen LogP contribution in [0.15, 0.2) is 34.7 Å². The van der Waals surface area contributed by atoms with E-state index in [1.54, 1.807) is 0 Å². The van der Waals surface area contributed by atoms with Crippen LogP contribution in [0.25, 0.3) is 11.0 Å². The zero-order chi connectivity index (χ0) is 16.7. The zero-order valence-corrected chi connectivity index (χ0v) is 15.8. The summed E-state index contributed by atoms with van der Waals surface area (Å²) in [5.41, 5.74) is 1.17. The summed E-state index contributed by atoms with van der Waals surface area (Å²) in [7, 11) is 0. The molecule has 1 amide bonds. The van der Waals surface area contributed by atoms with Gasteiger partial charge in [-0.1, -0.05) is 18.2 Å². The SMILES string of the molecule is CCN(C(=O)C1CC12CCNCC2)C(C)c1cc2ccccc2o1.Cl. The second-order valence-corrected chi connectivity index (χ2v) is 7.36. The van der Waals surface area contributed by atoms with Gasteiger partial charge in [0.1, 0.15) is 11.3 Å². The molecule has 0 bridgehead atoms. The van der Waals surface area contributed by atoms with E-state index in [2.05, 4.69) is 31.3 Å². The monoisotopic (exact) mass is 362 g/mol. The molecule has 4 rings (SSSR count). The third-order valence-corrected chi connectivity index (χ3v) is 6.03. The number of carbonyl (C=O) groups excluding carboxylic acids is 1. The Bertz CT molecular complexity index is 718. The van der Waals surface area contributed by atoms with Gasteiger partial charge in [-0.2, -0.15) is 0 Å². The van der Waals surface area contributed by atoms with Gasteiger partial charge in [0.05, 0.1) is 6.04 Å². The average molecular weight is 363 g/mol. The Morgan fingerprint density at radius 2 is 2.08 bits per heavy atom. The van der Waals surface area contributed by atoms with Crippen LogP contribution in [-0.2, 0) is 4.79 Å². The zero-order valence-electron chi connectivity index (χ0n) is 15.0. The second-order valence-electron chi connectivity index (χ2n) is 7.36. The molecule has 1 aliphatic heterocycles. The number of carbonyl (C=O) groups is 1. The quantitative estimate of drug-likeness (QED) is 0.888. The van der Waals surface area contributed by atoms with Crippen molar-refractivity contribution in [2.45, 2.75) is 39.2 Å². The van der Waals surface area contributed by atoms with Crippen LogP contribution in [0.1, 0.15) is 44.9 Å². The molecule has 5 heteroatoms. The van der Waals surface area contributed by atoms with E-state index in [0.717, 1.165) is 55.6 Å². The number of para-hydroxylation sites is 1. The van der Waals surface area contributed by atoms with Crippen molar-refractivity contribution in [1.82, 2.24) is 10.2 Å². The van der Waals surface area contributed by atoms with Crippen molar-refractivity contribution in [3.05, 3.63) is 36.1 Å². The smallest absolute Gasteiger partial charge is 0.226 e. The molecule has 1 saturated carbocycles. The molecular weight excluding hydrogens is 336 g/mol. The van der Waals surface area contributed by atoms with Crippen molar-refractivity contribution in [2.24, 2.45) is 11.3 Å². The molecule has 4 nitrogen and oxygen atoms in total. The van der Waals surface area contributed by atoms with Crippen LogP contribution in [0.4, 0.5) is 0 Å². The lowest BCUT2D eigenvalue weighted by atomic mass is 9.91. The van der Waals surface area contributed by atoms with Crippen molar-refractivity contribution in [1.29, 1.82) is 0 Å². The molecule has 136 valence electrons. The number of hydrogen-bond donors (Lipinski definition) is 1. The summed E-state index contributed by atoms with van der Waals surface area (Å²) in [4.78, 5) is 15.1. The molecule has 2 aromatic rings. The number of benzene rings is 1. The van der Waals surface area contributed by atoms with Crippen LogP contribution in [0, 0.1) is 11.3 Å². The number of nitrogens with zero attached hydrogens (tertiary/aromatic N) is 1. The predicted molar refractivity (Wildman–Crippen MR) is 102 cm³/mol. The summed E-state index contributed by atoms with van der Waals surface area (Å²) in [6.45, 7) is 6.97. The van der Waals surface area contributed by atoms with Crippen molar-refractivity contribution < 1.29 is 9.21 Å². The highest BCUT2D eigenvalue weighted by Gasteiger charge is 2.58. The van der Waals surface area contributed by atoms with Gasteiger partial charge in [0.15, 0.2) is 0 Å². The summed E-state index contributed by atoms with van der Waals surface area (Å²) >= 11 is 0. The highest BCUT2D eigenvalue weighted by molar-refractivity contribution is 5.85. The molecule has 2 unspecified atom stereocenters. The molecule has 2 heterocycles. The molecule has 0 radical (unpaired) electrons. The molecule has 1 spiro atoms. The first-order valence-electron chi connectivity index (χ1n) is 9.14. The molecule has 25 heavy (non-hydrogen) atoms. The Morgan fingerprint density at radius 3 is 2.76 bits per heavy atom. The number of furan rings is 1. The first kappa shape index (κ1) is 18.3. The molecule has 2 fully saturated rings. The van der Waals surface area contributed by atoms with Gasteiger partial charge in [-0.25, -0.2) is 0 Å². The number of piperidine rings is 1. The Kier molecular flexibility index (Phi) is 5.12. The third-order valence-electron chi connectivity index (χ3n) is 6.03. The Hall–Kier alpha value is -1.52. The van der Waals surface area contributed by atoms with E-state index in [9.17, 15) is 4.79 Å². The maximum atomic E-state index is 13.1. The van der Waals surface area contributed by atoms with E-state index < -0.39 is 0 Å². The fraction of sp³-hybridized carbons (Fsp3) is 0.550. The number of fused-ring (bicyclic) bond motifs is 1. The second kappa shape index (κ2) is 7.00. The summed E-state index contributed by atoms with van der Waals surface area (Å²) in [6.07, 6.45) is 3.34. The molecule has 2 aliphatic rings. The molecule has 1 aromatic heterocycles. The standard InChI is InChI=1S/C20H26N2O2.ClH/c1-3-22(19(23)16-13-20(16)8-10-21-11-9-20)14(2)18-12-15-6-4-5-7-17(15)24-18;/h4-7,12,14,16,21H,3,8-11,13H2,1-2H3;1H. The van der Waals surface area contributed by atoms with E-state index in [4.69, 9.17) is 4.42 Å². The lowest BCUT2D eigenvalue weighted by Crippen LogP contribution is -2.37. The van der Waals surface area contributed by atoms with Gasteiger partial charge in [-0.15, -0.1) is 12.4 Å². The minimum atomic E-state index is -0.0192. The Morgan fingerprint density at radius 1 is 1.36 bits per heavy atom. The van der Waals surface area contributed by atoms with Gasteiger partial charge in [0.2, 0.25) is 5.91 Å². The number of halogens is 1. The minimum absolute atomic E-state index is 0. The summed E-state index contributed by atoms with van der Waals surface area (Å²) < 4.78 is 6.00. The van der Waals surface area contributed by atoms with Crippen LogP contribution in [-0.4, -0.2) is 30.4 Å². The Labute approximate surface area is 155 Å². The summed E-state index contributed by atoms with van der Waals surface area (Å²) in [6, 6.07) is 10.1. The number of rotatable bonds is 4. The van der Waals surface area contributed by atoms with E-state index in [1.165, 1.54) is 0 Å². The first-order chi connectivity index (χ1) is 11.6. The first-order valence-corrected chi connectivity index (χ1v) is 9.14. The summed E-state index contributed by atoms with van der Waals surface area (Å²) in [5, 5.41) is 4.51. The predicted octanol–water partition coefficient (Wildman–Crippen LogP) is 4.15. The molecule has 1 aromatic carbocycles. The van der Waals surface area contributed by atoms with Crippen LogP contribution < -0.4 is 5.32 Å². The topological polar surface area (TPSA) is 45.5 Å². The largest absolute Gasteiger partial charge is 0.459 e. The fourth-order valence-electron chi connectivity index (χ4n) is 4.36. The highest BCUT2D eigenvalue weighted by atomic mass is 35.5. The van der Waals surface area contributed by atoms with Crippen LogP contribution >= 0.6 is 12.4 Å². The number of nitrogens with one attached hydrogen (secondary N) is 1. The van der Waals surface area contributed by atoms with E-state index in [1.807, 2.05) is 23.1 Å². The molecule has 1 aliphatic carbocycles. The van der Waals surface area contributed by atoms with Crippen molar-refractivity contribution >= 4 is 29.3 Å². The van der Waals surface area contributed by atoms with Crippen LogP contribution in [0.5, 0.6) is 0 Å². The normalized spacial score (nSPS) is 22.4. The van der Waals surface area contributed by atoms with Crippen LogP contribution in [0.2, 0.25) is 0 Å². The van der Waals surface area contributed by atoms with Crippen molar-refractivity contribution in [3.63, 3.8) is 0 Å². The van der Waals surface area contributed by atoms with Gasteiger partial charge in [-0.05, 0) is 63.7 Å². The molecule has 1 saturated heterocycles. The third kappa shape index (κ3) is 3.18. The number of hydrogen-bond acceptors (Lipinski definition) is 3. The van der Waals surface area contributed by atoms with Gasteiger partial charge in [-0.3, -0.25) is 4.79 Å². The van der Waals surface area contributed by atoms with E-state index >= 15 is 0 Å². The van der Waals surface area contributed by atoms with Gasteiger partial charge < -0.3 is 14.6 Å².